The van der Waals surface area contributed by atoms with Gasteiger partial charge in [-0.15, -0.1) is 0 Å². The van der Waals surface area contributed by atoms with E-state index in [1.807, 2.05) is 35.1 Å². The van der Waals surface area contributed by atoms with Crippen LogP contribution >= 0.6 is 11.6 Å². The van der Waals surface area contributed by atoms with E-state index < -0.39 is 0 Å². The molecule has 6 nitrogen and oxygen atoms in total. The zero-order valence-electron chi connectivity index (χ0n) is 12.4. The molecule has 0 aliphatic carbocycles. The van der Waals surface area contributed by atoms with Crippen LogP contribution in [0.1, 0.15) is 18.9 Å². The highest BCUT2D eigenvalue weighted by Gasteiger charge is 2.19. The standard InChI is InChI=1S/C16H16ClN5O/c17-13-6-2-1-5-12(13)15-19-16(23-21-15)14-7-9-22(20-14)11-4-3-8-18-10-11/h1-2,5-7,9,11,18H,3-4,8,10H2. The molecule has 7 heteroatoms. The Kier molecular flexibility index (Phi) is 3.85. The van der Waals surface area contributed by atoms with Gasteiger partial charge in [0.1, 0.15) is 0 Å². The van der Waals surface area contributed by atoms with Gasteiger partial charge in [0.05, 0.1) is 11.1 Å². The highest BCUT2D eigenvalue weighted by molar-refractivity contribution is 6.33. The van der Waals surface area contributed by atoms with Gasteiger partial charge in [0.2, 0.25) is 5.82 Å². The zero-order valence-corrected chi connectivity index (χ0v) is 13.2. The van der Waals surface area contributed by atoms with E-state index in [0.29, 0.717) is 28.5 Å². The minimum Gasteiger partial charge on any atom is -0.332 e. The van der Waals surface area contributed by atoms with Gasteiger partial charge in [-0.2, -0.15) is 10.1 Å². The fraction of sp³-hybridized carbons (Fsp3) is 0.312. The third kappa shape index (κ3) is 2.87. The smallest absolute Gasteiger partial charge is 0.278 e. The lowest BCUT2D eigenvalue weighted by Crippen LogP contribution is -2.31. The molecule has 2 aromatic heterocycles. The Morgan fingerprint density at radius 3 is 3.00 bits per heavy atom. The first-order chi connectivity index (χ1) is 11.3. The molecule has 0 bridgehead atoms. The predicted octanol–water partition coefficient (Wildman–Crippen LogP) is 3.18. The Hall–Kier alpha value is -2.18. The van der Waals surface area contributed by atoms with Gasteiger partial charge in [-0.05, 0) is 37.6 Å². The molecule has 1 N–H and O–H groups in total. The van der Waals surface area contributed by atoms with Gasteiger partial charge in [0, 0.05) is 18.3 Å². The topological polar surface area (TPSA) is 68.8 Å². The van der Waals surface area contributed by atoms with Crippen molar-refractivity contribution in [3.8, 4) is 23.0 Å². The van der Waals surface area contributed by atoms with Gasteiger partial charge in [0.15, 0.2) is 5.69 Å². The second-order valence-electron chi connectivity index (χ2n) is 5.58. The summed E-state index contributed by atoms with van der Waals surface area (Å²) in [5.74, 6) is 0.877. The summed E-state index contributed by atoms with van der Waals surface area (Å²) in [6.45, 7) is 2.02. The number of benzene rings is 1. The number of piperidine rings is 1. The Labute approximate surface area is 138 Å². The van der Waals surface area contributed by atoms with Crippen LogP contribution in [0.2, 0.25) is 5.02 Å². The van der Waals surface area contributed by atoms with Crippen molar-refractivity contribution in [3.05, 3.63) is 41.6 Å². The monoisotopic (exact) mass is 329 g/mol. The molecule has 1 atom stereocenters. The molecule has 0 saturated carbocycles. The third-order valence-corrected chi connectivity index (χ3v) is 4.34. The van der Waals surface area contributed by atoms with Crippen LogP contribution in [0.3, 0.4) is 0 Å². The van der Waals surface area contributed by atoms with E-state index in [1.165, 1.54) is 0 Å². The predicted molar refractivity (Wildman–Crippen MR) is 87.1 cm³/mol. The van der Waals surface area contributed by atoms with Gasteiger partial charge in [-0.3, -0.25) is 4.68 Å². The minimum absolute atomic E-state index is 0.378. The fourth-order valence-electron chi connectivity index (χ4n) is 2.79. The summed E-state index contributed by atoms with van der Waals surface area (Å²) in [5, 5.41) is 12.6. The Bertz CT molecular complexity index is 806. The van der Waals surface area contributed by atoms with Crippen molar-refractivity contribution in [1.82, 2.24) is 25.2 Å². The van der Waals surface area contributed by atoms with Crippen LogP contribution in [0, 0.1) is 0 Å². The molecule has 0 spiro atoms. The summed E-state index contributed by atoms with van der Waals surface area (Å²) >= 11 is 6.17. The first-order valence-electron chi connectivity index (χ1n) is 7.66. The summed E-state index contributed by atoms with van der Waals surface area (Å²) in [6, 6.07) is 9.71. The number of hydrogen-bond acceptors (Lipinski definition) is 5. The van der Waals surface area contributed by atoms with Crippen molar-refractivity contribution < 1.29 is 4.52 Å². The average molecular weight is 330 g/mol. The first-order valence-corrected chi connectivity index (χ1v) is 8.04. The van der Waals surface area contributed by atoms with E-state index in [-0.39, 0.29) is 0 Å². The van der Waals surface area contributed by atoms with E-state index in [4.69, 9.17) is 16.1 Å². The molecule has 4 rings (SSSR count). The lowest BCUT2D eigenvalue weighted by Gasteiger charge is -2.22. The van der Waals surface area contributed by atoms with Crippen LogP contribution in [0.15, 0.2) is 41.1 Å². The molecule has 1 saturated heterocycles. The largest absolute Gasteiger partial charge is 0.332 e. The van der Waals surface area contributed by atoms with Gasteiger partial charge in [-0.1, -0.05) is 28.9 Å². The summed E-state index contributed by atoms with van der Waals surface area (Å²) in [4.78, 5) is 4.42. The lowest BCUT2D eigenvalue weighted by atomic mass is 10.1. The van der Waals surface area contributed by atoms with Crippen LogP contribution < -0.4 is 5.32 Å². The molecule has 0 radical (unpaired) electrons. The number of nitrogens with one attached hydrogen (secondary N) is 1. The number of halogens is 1. The van der Waals surface area contributed by atoms with Gasteiger partial charge >= 0.3 is 0 Å². The maximum absolute atomic E-state index is 6.17. The van der Waals surface area contributed by atoms with Crippen molar-refractivity contribution in [2.24, 2.45) is 0 Å². The fourth-order valence-corrected chi connectivity index (χ4v) is 3.01. The second-order valence-corrected chi connectivity index (χ2v) is 5.99. The normalized spacial score (nSPS) is 18.2. The lowest BCUT2D eigenvalue weighted by molar-refractivity contribution is 0.346. The highest BCUT2D eigenvalue weighted by Crippen LogP contribution is 2.27. The van der Waals surface area contributed by atoms with Crippen LogP contribution in [-0.2, 0) is 0 Å². The molecule has 118 valence electrons. The molecular formula is C16H16ClN5O. The Morgan fingerprint density at radius 1 is 1.26 bits per heavy atom. The molecule has 1 fully saturated rings. The van der Waals surface area contributed by atoms with Crippen molar-refractivity contribution >= 4 is 11.6 Å². The van der Waals surface area contributed by atoms with Gasteiger partial charge in [-0.25, -0.2) is 0 Å². The van der Waals surface area contributed by atoms with Crippen LogP contribution in [0.4, 0.5) is 0 Å². The number of hydrogen-bond donors (Lipinski definition) is 1. The van der Waals surface area contributed by atoms with E-state index in [1.54, 1.807) is 6.07 Å². The Balaban J connectivity index is 1.60. The summed E-state index contributed by atoms with van der Waals surface area (Å²) < 4.78 is 7.32. The van der Waals surface area contributed by atoms with Gasteiger partial charge in [0.25, 0.3) is 5.89 Å². The number of rotatable bonds is 3. The van der Waals surface area contributed by atoms with Crippen molar-refractivity contribution in [1.29, 1.82) is 0 Å². The summed E-state index contributed by atoms with van der Waals surface area (Å²) in [5.41, 5.74) is 1.43. The number of nitrogens with zero attached hydrogens (tertiary/aromatic N) is 4. The maximum atomic E-state index is 6.17. The van der Waals surface area contributed by atoms with Gasteiger partial charge < -0.3 is 9.84 Å². The summed E-state index contributed by atoms with van der Waals surface area (Å²) in [6.07, 6.45) is 4.26. The van der Waals surface area contributed by atoms with Crippen LogP contribution in [0.25, 0.3) is 23.0 Å². The molecule has 0 amide bonds. The van der Waals surface area contributed by atoms with E-state index in [2.05, 4.69) is 20.6 Å². The molecule has 1 aromatic carbocycles. The SMILES string of the molecule is Clc1ccccc1-c1noc(-c2ccn(C3CCCNC3)n2)n1. The molecule has 1 unspecified atom stereocenters. The van der Waals surface area contributed by atoms with Crippen molar-refractivity contribution in [2.75, 3.05) is 13.1 Å². The van der Waals surface area contributed by atoms with E-state index in [9.17, 15) is 0 Å². The average Bonchev–Trinajstić information content (AvgIpc) is 3.25. The second kappa shape index (κ2) is 6.14. The van der Waals surface area contributed by atoms with Crippen molar-refractivity contribution in [3.63, 3.8) is 0 Å². The molecule has 1 aliphatic heterocycles. The maximum Gasteiger partial charge on any atom is 0.278 e. The van der Waals surface area contributed by atoms with Crippen LogP contribution in [-0.4, -0.2) is 33.0 Å². The molecule has 3 heterocycles. The van der Waals surface area contributed by atoms with Crippen LogP contribution in [0.5, 0.6) is 0 Å². The molecular weight excluding hydrogens is 314 g/mol. The summed E-state index contributed by atoms with van der Waals surface area (Å²) in [7, 11) is 0. The first kappa shape index (κ1) is 14.4. The molecule has 1 aliphatic rings. The molecule has 3 aromatic rings. The zero-order chi connectivity index (χ0) is 15.6. The van der Waals surface area contributed by atoms with E-state index >= 15 is 0 Å². The highest BCUT2D eigenvalue weighted by atomic mass is 35.5. The third-order valence-electron chi connectivity index (χ3n) is 4.01. The van der Waals surface area contributed by atoms with Crippen molar-refractivity contribution in [2.45, 2.75) is 18.9 Å². The van der Waals surface area contributed by atoms with E-state index in [0.717, 1.165) is 31.5 Å². The Morgan fingerprint density at radius 2 is 2.17 bits per heavy atom. The quantitative estimate of drug-likeness (QED) is 0.799. The minimum atomic E-state index is 0.378. The number of aromatic nitrogens is 4. The molecule has 23 heavy (non-hydrogen) atoms.